The van der Waals surface area contributed by atoms with Crippen LogP contribution in [0, 0.1) is 21.4 Å². The van der Waals surface area contributed by atoms with Gasteiger partial charge < -0.3 is 29.7 Å². The summed E-state index contributed by atoms with van der Waals surface area (Å²) in [5.74, 6) is 1.39. The molecular weight excluding hydrogens is 897 g/mol. The van der Waals surface area contributed by atoms with Gasteiger partial charge in [-0.3, -0.25) is 24.7 Å². The van der Waals surface area contributed by atoms with Crippen molar-refractivity contribution in [3.63, 3.8) is 0 Å². The average Bonchev–Trinajstić information content (AvgIpc) is 3.33. The summed E-state index contributed by atoms with van der Waals surface area (Å²) in [6.07, 6.45) is 9.42. The summed E-state index contributed by atoms with van der Waals surface area (Å²) >= 11 is 0. The lowest BCUT2D eigenvalue weighted by atomic mass is 9.59. The zero-order valence-corrected chi connectivity index (χ0v) is 41.0. The number of nitrogens with zero attached hydrogens (tertiary/aromatic N) is 6. The molecule has 16 nitrogen and oxygen atoms in total. The number of anilines is 3. The highest BCUT2D eigenvalue weighted by Gasteiger charge is 2.50. The van der Waals surface area contributed by atoms with Crippen molar-refractivity contribution in [2.75, 3.05) is 80.7 Å². The number of nitrogens with one attached hydrogen (secondary N) is 2. The van der Waals surface area contributed by atoms with E-state index >= 15 is 0 Å². The lowest BCUT2D eigenvalue weighted by Crippen LogP contribution is -2.59. The second kappa shape index (κ2) is 20.6. The van der Waals surface area contributed by atoms with Crippen molar-refractivity contribution in [2.24, 2.45) is 11.3 Å². The molecule has 1 aromatic heterocycles. The molecule has 4 heterocycles. The first kappa shape index (κ1) is 48.7. The number of piperazine rings is 1. The Bertz CT molecular complexity index is 2530. The first-order chi connectivity index (χ1) is 33.1. The minimum Gasteiger partial charge on any atom is -0.491 e. The second-order valence-corrected chi connectivity index (χ2v) is 22.3. The molecule has 3 saturated heterocycles. The largest absolute Gasteiger partial charge is 0.491 e. The fourth-order valence-electron chi connectivity index (χ4n) is 11.2. The van der Waals surface area contributed by atoms with Gasteiger partial charge in [-0.25, -0.2) is 18.1 Å². The van der Waals surface area contributed by atoms with Crippen LogP contribution < -0.4 is 24.6 Å². The number of piperidine rings is 1. The monoisotopic (exact) mass is 964 g/mol. The highest BCUT2D eigenvalue weighted by Crippen LogP contribution is 2.53. The number of rotatable bonds is 15. The molecule has 2 saturated carbocycles. The zero-order valence-electron chi connectivity index (χ0n) is 40.2. The Morgan fingerprint density at radius 1 is 0.928 bits per heavy atom. The van der Waals surface area contributed by atoms with Gasteiger partial charge in [0, 0.05) is 94.0 Å². The molecule has 1 amide bonds. The van der Waals surface area contributed by atoms with Crippen LogP contribution in [0.2, 0.25) is 0 Å². The van der Waals surface area contributed by atoms with E-state index < -0.39 is 32.1 Å². The number of hydrogen-bond donors (Lipinski definition) is 3. The van der Waals surface area contributed by atoms with Gasteiger partial charge in [-0.05, 0) is 138 Å². The lowest BCUT2D eigenvalue weighted by Gasteiger charge is -2.58. The van der Waals surface area contributed by atoms with Gasteiger partial charge in [-0.2, -0.15) is 0 Å². The van der Waals surface area contributed by atoms with Gasteiger partial charge >= 0.3 is 0 Å². The molecule has 1 spiro atoms. The van der Waals surface area contributed by atoms with Crippen LogP contribution in [0.15, 0.2) is 90.0 Å². The van der Waals surface area contributed by atoms with Crippen LogP contribution in [0.5, 0.6) is 5.75 Å². The second-order valence-electron chi connectivity index (χ2n) is 20.6. The number of carbonyl (C=O) groups excluding carboxylic acids is 1. The van der Waals surface area contributed by atoms with Gasteiger partial charge in [-0.15, -0.1) is 0 Å². The van der Waals surface area contributed by atoms with E-state index in [1.165, 1.54) is 23.3 Å². The Kier molecular flexibility index (Phi) is 14.5. The number of nitro groups is 1. The minimum atomic E-state index is -4.42. The topological polar surface area (TPSA) is 183 Å². The standard InChI is InChI=1S/C52H68N8O8S/c1-37(2)68-48-7-5-4-6-44(48)47-36-56(35-39-8-15-49(54-34-39)58-26-28-67-29-27-58)24-25-59(47)42-31-52(32-42)20-22-57(23-21-52)41-11-9-40(10-12-41)50(61)55-69(65,66)43-13-14-45(46(30-43)60(63)64)53-33-38-16-18-51(3,62)19-17-38/h4-15,30,34,37-38,42,47,53,62H,16-29,31-33,35-36H2,1-3H3,(H,55,61)/t38?,47-,51?/m1/s1. The third kappa shape index (κ3) is 11.5. The number of aliphatic hydroxyl groups is 1. The van der Waals surface area contributed by atoms with Gasteiger partial charge in [0.1, 0.15) is 17.3 Å². The van der Waals surface area contributed by atoms with E-state index in [-0.39, 0.29) is 39.6 Å². The van der Waals surface area contributed by atoms with E-state index in [2.05, 4.69) is 79.9 Å². The SMILES string of the molecule is CC(C)Oc1ccccc1[C@H]1CN(Cc2ccc(N3CCOCC3)nc2)CCN1C1CC2(CCN(c3ccc(C(=O)NS(=O)(=O)c4ccc(NCC5CCC(C)(O)CC5)c([N+](=O)[O-])c4)cc3)CC2)C1. The maximum absolute atomic E-state index is 13.4. The number of nitro benzene ring substituents is 1. The summed E-state index contributed by atoms with van der Waals surface area (Å²) < 4.78 is 40.8. The van der Waals surface area contributed by atoms with Gasteiger partial charge in [-0.1, -0.05) is 24.3 Å². The third-order valence-corrected chi connectivity index (χ3v) is 16.6. The molecule has 0 radical (unpaired) electrons. The van der Waals surface area contributed by atoms with E-state index in [0.29, 0.717) is 25.4 Å². The molecule has 3 aromatic carbocycles. The number of amides is 1. The Hall–Kier alpha value is -5.33. The van der Waals surface area contributed by atoms with Crippen LogP contribution in [-0.2, 0) is 21.3 Å². The van der Waals surface area contributed by atoms with Crippen molar-refractivity contribution in [2.45, 2.75) is 107 Å². The number of carbonyl (C=O) groups is 1. The number of hydrogen-bond acceptors (Lipinski definition) is 14. The summed E-state index contributed by atoms with van der Waals surface area (Å²) in [5, 5.41) is 25.4. The van der Waals surface area contributed by atoms with Crippen LogP contribution >= 0.6 is 0 Å². The first-order valence-corrected chi connectivity index (χ1v) is 26.3. The smallest absolute Gasteiger partial charge is 0.293 e. The number of pyridine rings is 1. The Morgan fingerprint density at radius 3 is 2.33 bits per heavy atom. The van der Waals surface area contributed by atoms with Crippen molar-refractivity contribution in [3.05, 3.63) is 112 Å². The molecule has 69 heavy (non-hydrogen) atoms. The van der Waals surface area contributed by atoms with Crippen LogP contribution in [0.4, 0.5) is 22.9 Å². The van der Waals surface area contributed by atoms with Crippen molar-refractivity contribution in [1.29, 1.82) is 0 Å². The third-order valence-electron chi connectivity index (χ3n) is 15.3. The highest BCUT2D eigenvalue weighted by atomic mass is 32.2. The molecular formula is C52H68N8O8S. The van der Waals surface area contributed by atoms with Crippen LogP contribution in [-0.4, -0.2) is 122 Å². The maximum Gasteiger partial charge on any atom is 0.293 e. The minimum absolute atomic E-state index is 0.0701. The van der Waals surface area contributed by atoms with Crippen LogP contribution in [0.3, 0.4) is 0 Å². The van der Waals surface area contributed by atoms with E-state index in [9.17, 15) is 28.4 Å². The number of benzene rings is 3. The molecule has 17 heteroatoms. The molecule has 0 unspecified atom stereocenters. The molecule has 5 aliphatic rings. The zero-order chi connectivity index (χ0) is 48.3. The van der Waals surface area contributed by atoms with Crippen molar-refractivity contribution < 1.29 is 32.7 Å². The fraction of sp³-hybridized carbons (Fsp3) is 0.538. The molecule has 2 aliphatic carbocycles. The normalized spacial score (nSPS) is 23.7. The molecule has 1 atom stereocenters. The lowest BCUT2D eigenvalue weighted by molar-refractivity contribution is -0.384. The number of morpholine rings is 1. The number of sulfonamides is 1. The van der Waals surface area contributed by atoms with E-state index in [0.717, 1.165) is 127 Å². The molecule has 9 rings (SSSR count). The maximum atomic E-state index is 13.4. The first-order valence-electron chi connectivity index (χ1n) is 24.8. The summed E-state index contributed by atoms with van der Waals surface area (Å²) in [7, 11) is -4.42. The summed E-state index contributed by atoms with van der Waals surface area (Å²) in [5.41, 5.74) is 3.00. The Balaban J connectivity index is 0.789. The van der Waals surface area contributed by atoms with Crippen LogP contribution in [0.1, 0.15) is 99.7 Å². The van der Waals surface area contributed by atoms with E-state index in [1.54, 1.807) is 12.1 Å². The summed E-state index contributed by atoms with van der Waals surface area (Å²) in [6, 6.07) is 24.2. The van der Waals surface area contributed by atoms with Gasteiger partial charge in [0.05, 0.1) is 40.8 Å². The molecule has 0 bridgehead atoms. The summed E-state index contributed by atoms with van der Waals surface area (Å²) in [6.45, 7) is 15.1. The predicted molar refractivity (Wildman–Crippen MR) is 266 cm³/mol. The number of para-hydroxylation sites is 1. The molecule has 3 aliphatic heterocycles. The van der Waals surface area contributed by atoms with E-state index in [1.807, 2.05) is 25.3 Å². The Morgan fingerprint density at radius 2 is 1.65 bits per heavy atom. The Labute approximate surface area is 406 Å². The van der Waals surface area contributed by atoms with Crippen molar-refractivity contribution >= 4 is 38.8 Å². The van der Waals surface area contributed by atoms with Gasteiger partial charge in [0.2, 0.25) is 0 Å². The predicted octanol–water partition coefficient (Wildman–Crippen LogP) is 7.39. The van der Waals surface area contributed by atoms with Gasteiger partial charge in [0.25, 0.3) is 21.6 Å². The van der Waals surface area contributed by atoms with Gasteiger partial charge in [0.15, 0.2) is 0 Å². The molecule has 370 valence electrons. The number of aromatic nitrogens is 1. The average molecular weight is 965 g/mol. The fourth-order valence-corrected chi connectivity index (χ4v) is 12.2. The number of ether oxygens (including phenoxy) is 2. The molecule has 4 aromatic rings. The molecule has 3 N–H and O–H groups in total. The van der Waals surface area contributed by atoms with Crippen molar-refractivity contribution in [1.82, 2.24) is 19.5 Å². The van der Waals surface area contributed by atoms with E-state index in [4.69, 9.17) is 14.5 Å². The quantitative estimate of drug-likeness (QED) is 0.0792. The highest BCUT2D eigenvalue weighted by molar-refractivity contribution is 7.90. The summed E-state index contributed by atoms with van der Waals surface area (Å²) in [4.78, 5) is 39.1. The van der Waals surface area contributed by atoms with Crippen LogP contribution in [0.25, 0.3) is 0 Å². The van der Waals surface area contributed by atoms with Crippen molar-refractivity contribution in [3.8, 4) is 5.75 Å². The molecule has 5 fully saturated rings.